The molecule has 6 heteroatoms. The van der Waals surface area contributed by atoms with E-state index < -0.39 is 5.91 Å². The topological polar surface area (TPSA) is 66.6 Å². The molecule has 90 valence electrons. The summed E-state index contributed by atoms with van der Waals surface area (Å²) in [5.41, 5.74) is 5.84. The molecule has 0 aromatic heterocycles. The number of nitrogens with zero attached hydrogens (tertiary/aromatic N) is 2. The number of hydrogen-bond acceptors (Lipinski definition) is 2. The van der Waals surface area contributed by atoms with E-state index in [0.717, 1.165) is 5.69 Å². The number of amides is 3. The number of hydrogen-bond donors (Lipinski definition) is 1. The van der Waals surface area contributed by atoms with Crippen LogP contribution < -0.4 is 10.6 Å². The Morgan fingerprint density at radius 1 is 1.29 bits per heavy atom. The number of benzene rings is 1. The molecule has 2 N–H and O–H groups in total. The fourth-order valence-corrected chi connectivity index (χ4v) is 1.90. The van der Waals surface area contributed by atoms with E-state index >= 15 is 0 Å². The van der Waals surface area contributed by atoms with Gasteiger partial charge in [0.15, 0.2) is 0 Å². The van der Waals surface area contributed by atoms with Gasteiger partial charge in [-0.3, -0.25) is 9.69 Å². The van der Waals surface area contributed by atoms with Crippen molar-refractivity contribution in [3.63, 3.8) is 0 Å². The molecule has 1 aromatic carbocycles. The number of carbonyl (C=O) groups is 2. The molecule has 0 atom stereocenters. The monoisotopic (exact) mass is 253 g/mol. The Balaban J connectivity index is 2.12. The van der Waals surface area contributed by atoms with Gasteiger partial charge in [0.25, 0.3) is 0 Å². The molecular weight excluding hydrogens is 242 g/mol. The SMILES string of the molecule is NC(=O)CN1CCN(c2ccc(Cl)cc2)C1=O. The van der Waals surface area contributed by atoms with Crippen LogP contribution in [0.1, 0.15) is 0 Å². The summed E-state index contributed by atoms with van der Waals surface area (Å²) in [4.78, 5) is 25.7. The fraction of sp³-hybridized carbons (Fsp3) is 0.273. The molecule has 0 aliphatic carbocycles. The van der Waals surface area contributed by atoms with Crippen molar-refractivity contribution in [1.29, 1.82) is 0 Å². The first kappa shape index (κ1) is 11.7. The van der Waals surface area contributed by atoms with E-state index in [1.165, 1.54) is 4.90 Å². The molecule has 1 aliphatic rings. The zero-order valence-electron chi connectivity index (χ0n) is 9.10. The van der Waals surface area contributed by atoms with E-state index in [1.807, 2.05) is 0 Å². The van der Waals surface area contributed by atoms with Crippen molar-refractivity contribution in [1.82, 2.24) is 4.90 Å². The van der Waals surface area contributed by atoms with Crippen molar-refractivity contribution in [3.8, 4) is 0 Å². The minimum atomic E-state index is -0.503. The highest BCUT2D eigenvalue weighted by atomic mass is 35.5. The number of rotatable bonds is 3. The van der Waals surface area contributed by atoms with Crippen LogP contribution in [0, 0.1) is 0 Å². The first-order valence-corrected chi connectivity index (χ1v) is 5.56. The van der Waals surface area contributed by atoms with Gasteiger partial charge in [-0.1, -0.05) is 11.6 Å². The molecule has 0 bridgehead atoms. The lowest BCUT2D eigenvalue weighted by Gasteiger charge is -2.17. The molecule has 0 unspecified atom stereocenters. The van der Waals surface area contributed by atoms with E-state index in [2.05, 4.69) is 0 Å². The Morgan fingerprint density at radius 3 is 2.53 bits per heavy atom. The van der Waals surface area contributed by atoms with Crippen LogP contribution in [-0.4, -0.2) is 36.5 Å². The van der Waals surface area contributed by atoms with Gasteiger partial charge >= 0.3 is 6.03 Å². The quantitative estimate of drug-likeness (QED) is 0.876. The van der Waals surface area contributed by atoms with Gasteiger partial charge in [0.2, 0.25) is 5.91 Å². The molecule has 1 aromatic rings. The second-order valence-corrected chi connectivity index (χ2v) is 4.23. The van der Waals surface area contributed by atoms with Crippen LogP contribution in [0.4, 0.5) is 10.5 Å². The summed E-state index contributed by atoms with van der Waals surface area (Å²) in [5, 5.41) is 0.620. The molecule has 5 nitrogen and oxygen atoms in total. The van der Waals surface area contributed by atoms with Gasteiger partial charge in [-0.25, -0.2) is 4.79 Å². The van der Waals surface area contributed by atoms with Crippen molar-refractivity contribution >= 4 is 29.2 Å². The van der Waals surface area contributed by atoms with Crippen LogP contribution in [0.25, 0.3) is 0 Å². The Bertz CT molecular complexity index is 447. The summed E-state index contributed by atoms with van der Waals surface area (Å²) in [7, 11) is 0. The molecule has 1 aliphatic heterocycles. The third kappa shape index (κ3) is 2.50. The Labute approximate surface area is 104 Å². The summed E-state index contributed by atoms with van der Waals surface area (Å²) >= 11 is 5.78. The second kappa shape index (κ2) is 4.63. The van der Waals surface area contributed by atoms with Crippen molar-refractivity contribution in [2.75, 3.05) is 24.5 Å². The number of primary amides is 1. The molecule has 1 heterocycles. The van der Waals surface area contributed by atoms with Gasteiger partial charge in [0, 0.05) is 23.8 Å². The first-order valence-electron chi connectivity index (χ1n) is 5.18. The molecule has 3 amide bonds. The van der Waals surface area contributed by atoms with E-state index in [4.69, 9.17) is 17.3 Å². The van der Waals surface area contributed by atoms with Crippen molar-refractivity contribution in [3.05, 3.63) is 29.3 Å². The summed E-state index contributed by atoms with van der Waals surface area (Å²) in [6.45, 7) is 1.01. The van der Waals surface area contributed by atoms with E-state index in [1.54, 1.807) is 29.2 Å². The van der Waals surface area contributed by atoms with Gasteiger partial charge in [-0.05, 0) is 24.3 Å². The second-order valence-electron chi connectivity index (χ2n) is 3.80. The maximum Gasteiger partial charge on any atom is 0.325 e. The van der Waals surface area contributed by atoms with Crippen molar-refractivity contribution < 1.29 is 9.59 Å². The van der Waals surface area contributed by atoms with Gasteiger partial charge in [-0.2, -0.15) is 0 Å². The Kier molecular flexibility index (Phi) is 3.19. The highest BCUT2D eigenvalue weighted by Crippen LogP contribution is 2.22. The summed E-state index contributed by atoms with van der Waals surface area (Å²) < 4.78 is 0. The van der Waals surface area contributed by atoms with Gasteiger partial charge < -0.3 is 10.6 Å². The molecule has 17 heavy (non-hydrogen) atoms. The Hall–Kier alpha value is -1.75. The minimum Gasteiger partial charge on any atom is -0.368 e. The molecule has 0 saturated carbocycles. The number of halogens is 1. The largest absolute Gasteiger partial charge is 0.368 e. The first-order chi connectivity index (χ1) is 8.08. The molecule has 1 fully saturated rings. The van der Waals surface area contributed by atoms with Crippen molar-refractivity contribution in [2.24, 2.45) is 5.73 Å². The standard InChI is InChI=1S/C11H12ClN3O2/c12-8-1-3-9(4-2-8)15-6-5-14(11(15)17)7-10(13)16/h1-4H,5-7H2,(H2,13,16). The predicted octanol–water partition coefficient (Wildman–Crippen LogP) is 1.07. The van der Waals surface area contributed by atoms with Crippen LogP contribution >= 0.6 is 11.6 Å². The normalized spacial score (nSPS) is 15.5. The smallest absolute Gasteiger partial charge is 0.325 e. The molecule has 0 spiro atoms. The minimum absolute atomic E-state index is 0.0388. The average Bonchev–Trinajstić information content (AvgIpc) is 2.61. The van der Waals surface area contributed by atoms with Gasteiger partial charge in [0.05, 0.1) is 0 Å². The van der Waals surface area contributed by atoms with Crippen LogP contribution in [0.15, 0.2) is 24.3 Å². The van der Waals surface area contributed by atoms with Crippen LogP contribution in [-0.2, 0) is 4.79 Å². The molecule has 1 saturated heterocycles. The lowest BCUT2D eigenvalue weighted by atomic mass is 10.3. The van der Waals surface area contributed by atoms with E-state index in [-0.39, 0.29) is 12.6 Å². The zero-order chi connectivity index (χ0) is 12.4. The highest BCUT2D eigenvalue weighted by Gasteiger charge is 2.30. The number of anilines is 1. The third-order valence-corrected chi connectivity index (χ3v) is 2.83. The number of carbonyl (C=O) groups excluding carboxylic acids is 2. The van der Waals surface area contributed by atoms with Gasteiger partial charge in [0.1, 0.15) is 6.54 Å². The Morgan fingerprint density at radius 2 is 1.94 bits per heavy atom. The lowest BCUT2D eigenvalue weighted by molar-refractivity contribution is -0.118. The van der Waals surface area contributed by atoms with E-state index in [9.17, 15) is 9.59 Å². The van der Waals surface area contributed by atoms with E-state index in [0.29, 0.717) is 18.1 Å². The van der Waals surface area contributed by atoms with Crippen LogP contribution in [0.3, 0.4) is 0 Å². The molecule has 0 radical (unpaired) electrons. The fourth-order valence-electron chi connectivity index (χ4n) is 1.78. The maximum absolute atomic E-state index is 11.9. The molecule has 2 rings (SSSR count). The number of nitrogens with two attached hydrogens (primary N) is 1. The van der Waals surface area contributed by atoms with Crippen LogP contribution in [0.2, 0.25) is 5.02 Å². The van der Waals surface area contributed by atoms with Crippen LogP contribution in [0.5, 0.6) is 0 Å². The van der Waals surface area contributed by atoms with Gasteiger partial charge in [-0.15, -0.1) is 0 Å². The summed E-state index contributed by atoms with van der Waals surface area (Å²) in [6, 6.07) is 6.79. The highest BCUT2D eigenvalue weighted by molar-refractivity contribution is 6.30. The lowest BCUT2D eigenvalue weighted by Crippen LogP contribution is -2.37. The third-order valence-electron chi connectivity index (χ3n) is 2.58. The maximum atomic E-state index is 11.9. The predicted molar refractivity (Wildman–Crippen MR) is 65.0 cm³/mol. The summed E-state index contributed by atoms with van der Waals surface area (Å²) in [6.07, 6.45) is 0. The zero-order valence-corrected chi connectivity index (χ0v) is 9.85. The molecular formula is C11H12ClN3O2. The number of urea groups is 1. The summed E-state index contributed by atoms with van der Waals surface area (Å²) in [5.74, 6) is -0.503. The average molecular weight is 254 g/mol. The van der Waals surface area contributed by atoms with Crippen molar-refractivity contribution in [2.45, 2.75) is 0 Å².